The lowest BCUT2D eigenvalue weighted by atomic mass is 10.2. The van der Waals surface area contributed by atoms with Crippen LogP contribution in [0.1, 0.15) is 36.0 Å². The summed E-state index contributed by atoms with van der Waals surface area (Å²) in [5.41, 5.74) is 0.509. The number of benzene rings is 2. The minimum atomic E-state index is -3.70. The van der Waals surface area contributed by atoms with Gasteiger partial charge in [0.15, 0.2) is 0 Å². The van der Waals surface area contributed by atoms with Gasteiger partial charge in [-0.3, -0.25) is 4.79 Å². The Morgan fingerprint density at radius 2 is 1.62 bits per heavy atom. The van der Waals surface area contributed by atoms with Gasteiger partial charge in [-0.1, -0.05) is 36.0 Å². The van der Waals surface area contributed by atoms with E-state index in [4.69, 9.17) is 27.9 Å². The third kappa shape index (κ3) is 5.22. The van der Waals surface area contributed by atoms with E-state index >= 15 is 0 Å². The number of ether oxygens (including phenoxy) is 1. The molecule has 9 heteroatoms. The lowest BCUT2D eigenvalue weighted by Gasteiger charge is -2.20. The molecule has 3 rings (SSSR count). The van der Waals surface area contributed by atoms with Crippen molar-refractivity contribution in [3.05, 3.63) is 52.0 Å². The van der Waals surface area contributed by atoms with Gasteiger partial charge in [-0.2, -0.15) is 4.31 Å². The van der Waals surface area contributed by atoms with Gasteiger partial charge in [-0.15, -0.1) is 0 Å². The van der Waals surface area contributed by atoms with E-state index in [9.17, 15) is 13.2 Å². The van der Waals surface area contributed by atoms with E-state index in [0.29, 0.717) is 28.8 Å². The zero-order valence-corrected chi connectivity index (χ0v) is 18.3. The fraction of sp³-hybridized carbons (Fsp3) is 0.350. The summed E-state index contributed by atoms with van der Waals surface area (Å²) in [6.07, 6.45) is 3.70. The van der Waals surface area contributed by atoms with Crippen LogP contribution in [0.25, 0.3) is 0 Å². The molecule has 0 aromatic heterocycles. The summed E-state index contributed by atoms with van der Waals surface area (Å²) < 4.78 is 32.9. The van der Waals surface area contributed by atoms with Crippen molar-refractivity contribution >= 4 is 44.8 Å². The number of hydrogen-bond donors (Lipinski definition) is 1. The summed E-state index contributed by atoms with van der Waals surface area (Å²) in [6.45, 7) is 0.966. The molecule has 0 saturated carbocycles. The normalized spacial score (nSPS) is 15.6. The Morgan fingerprint density at radius 1 is 1.00 bits per heavy atom. The van der Waals surface area contributed by atoms with Crippen molar-refractivity contribution in [3.63, 3.8) is 0 Å². The molecule has 29 heavy (non-hydrogen) atoms. The maximum absolute atomic E-state index is 13.1. The van der Waals surface area contributed by atoms with Crippen molar-refractivity contribution in [1.29, 1.82) is 0 Å². The van der Waals surface area contributed by atoms with Gasteiger partial charge >= 0.3 is 0 Å². The Kier molecular flexibility index (Phi) is 7.05. The Balaban J connectivity index is 1.93. The van der Waals surface area contributed by atoms with Gasteiger partial charge in [0.05, 0.1) is 17.6 Å². The molecule has 0 spiro atoms. The predicted octanol–water partition coefficient (Wildman–Crippen LogP) is 4.82. The largest absolute Gasteiger partial charge is 0.496 e. The second-order valence-corrected chi connectivity index (χ2v) is 9.60. The van der Waals surface area contributed by atoms with E-state index in [-0.39, 0.29) is 16.2 Å². The number of hydrogen-bond acceptors (Lipinski definition) is 4. The van der Waals surface area contributed by atoms with Crippen LogP contribution in [0.3, 0.4) is 0 Å². The van der Waals surface area contributed by atoms with Crippen molar-refractivity contribution in [2.24, 2.45) is 0 Å². The zero-order valence-electron chi connectivity index (χ0n) is 16.0. The number of rotatable bonds is 5. The van der Waals surface area contributed by atoms with Crippen molar-refractivity contribution < 1.29 is 17.9 Å². The van der Waals surface area contributed by atoms with Crippen LogP contribution in [-0.4, -0.2) is 38.8 Å². The Morgan fingerprint density at radius 3 is 2.21 bits per heavy atom. The Hall–Kier alpha value is -1.80. The van der Waals surface area contributed by atoms with Crippen LogP contribution in [0, 0.1) is 0 Å². The van der Waals surface area contributed by atoms with Gasteiger partial charge in [0, 0.05) is 28.8 Å². The summed E-state index contributed by atoms with van der Waals surface area (Å²) in [5.74, 6) is -0.251. The fourth-order valence-electron chi connectivity index (χ4n) is 3.28. The third-order valence-electron chi connectivity index (χ3n) is 4.74. The molecule has 1 fully saturated rings. The summed E-state index contributed by atoms with van der Waals surface area (Å²) in [4.78, 5) is 12.9. The summed E-state index contributed by atoms with van der Waals surface area (Å²) in [5, 5.41) is 3.43. The van der Waals surface area contributed by atoms with Crippen LogP contribution in [0.5, 0.6) is 5.75 Å². The van der Waals surface area contributed by atoms with Crippen LogP contribution in [0.15, 0.2) is 41.3 Å². The number of carbonyl (C=O) groups excluding carboxylic acids is 1. The summed E-state index contributed by atoms with van der Waals surface area (Å²) in [7, 11) is -2.28. The highest BCUT2D eigenvalue weighted by molar-refractivity contribution is 7.89. The summed E-state index contributed by atoms with van der Waals surface area (Å²) in [6, 6.07) is 8.95. The lowest BCUT2D eigenvalue weighted by molar-refractivity contribution is 0.102. The summed E-state index contributed by atoms with van der Waals surface area (Å²) >= 11 is 12.0. The van der Waals surface area contributed by atoms with Crippen molar-refractivity contribution in [3.8, 4) is 5.75 Å². The van der Waals surface area contributed by atoms with E-state index in [2.05, 4.69) is 5.32 Å². The van der Waals surface area contributed by atoms with Crippen molar-refractivity contribution in [1.82, 2.24) is 4.31 Å². The highest BCUT2D eigenvalue weighted by atomic mass is 35.5. The van der Waals surface area contributed by atoms with E-state index < -0.39 is 15.9 Å². The first kappa shape index (κ1) is 21.9. The van der Waals surface area contributed by atoms with E-state index in [1.807, 2.05) is 0 Å². The van der Waals surface area contributed by atoms with Gasteiger partial charge in [-0.05, 0) is 49.2 Å². The molecule has 2 aromatic rings. The molecular weight excluding hydrogens is 435 g/mol. The molecule has 1 heterocycles. The van der Waals surface area contributed by atoms with E-state index in [1.54, 1.807) is 18.2 Å². The number of methoxy groups -OCH3 is 1. The minimum absolute atomic E-state index is 0.0643. The molecule has 1 aliphatic rings. The number of amides is 1. The van der Waals surface area contributed by atoms with E-state index in [0.717, 1.165) is 25.7 Å². The van der Waals surface area contributed by atoms with Crippen LogP contribution in [-0.2, 0) is 10.0 Å². The number of nitrogens with zero attached hydrogens (tertiary/aromatic N) is 1. The topological polar surface area (TPSA) is 75.7 Å². The van der Waals surface area contributed by atoms with Gasteiger partial charge < -0.3 is 10.1 Å². The molecule has 0 radical (unpaired) electrons. The van der Waals surface area contributed by atoms with Crippen LogP contribution >= 0.6 is 23.2 Å². The zero-order chi connectivity index (χ0) is 21.0. The Labute approximate surface area is 180 Å². The highest BCUT2D eigenvalue weighted by Crippen LogP contribution is 2.28. The highest BCUT2D eigenvalue weighted by Gasteiger charge is 2.27. The second-order valence-electron chi connectivity index (χ2n) is 6.79. The third-order valence-corrected chi connectivity index (χ3v) is 7.07. The average molecular weight is 457 g/mol. The number of nitrogens with one attached hydrogen (secondary N) is 1. The molecule has 6 nitrogen and oxygen atoms in total. The van der Waals surface area contributed by atoms with Gasteiger partial charge in [0.25, 0.3) is 5.91 Å². The Bertz CT molecular complexity index is 983. The van der Waals surface area contributed by atoms with Crippen LogP contribution in [0.4, 0.5) is 5.69 Å². The van der Waals surface area contributed by atoms with Crippen LogP contribution < -0.4 is 10.1 Å². The molecule has 2 aromatic carbocycles. The SMILES string of the molecule is COc1ccc(S(=O)(=O)N2CCCCCC2)cc1C(=O)Nc1cc(Cl)cc(Cl)c1. The first-order chi connectivity index (χ1) is 13.8. The first-order valence-electron chi connectivity index (χ1n) is 9.27. The molecule has 1 N–H and O–H groups in total. The number of carbonyl (C=O) groups is 1. The number of anilines is 1. The van der Waals surface area contributed by atoms with Crippen molar-refractivity contribution in [2.75, 3.05) is 25.5 Å². The average Bonchev–Trinajstić information content (AvgIpc) is 2.96. The molecule has 0 unspecified atom stereocenters. The quantitative estimate of drug-likeness (QED) is 0.699. The minimum Gasteiger partial charge on any atom is -0.496 e. The first-order valence-corrected chi connectivity index (χ1v) is 11.5. The van der Waals surface area contributed by atoms with Gasteiger partial charge in [-0.25, -0.2) is 8.42 Å². The fourth-order valence-corrected chi connectivity index (χ4v) is 5.35. The maximum Gasteiger partial charge on any atom is 0.259 e. The number of halogens is 2. The molecule has 0 bridgehead atoms. The van der Waals surface area contributed by atoms with E-state index in [1.165, 1.54) is 29.6 Å². The second kappa shape index (κ2) is 9.34. The van der Waals surface area contributed by atoms with Gasteiger partial charge in [0.2, 0.25) is 10.0 Å². The number of sulfonamides is 1. The molecule has 1 aliphatic heterocycles. The smallest absolute Gasteiger partial charge is 0.259 e. The molecule has 0 aliphatic carbocycles. The predicted molar refractivity (Wildman–Crippen MR) is 115 cm³/mol. The molecule has 1 amide bonds. The standard InChI is InChI=1S/C20H22Cl2N2O4S/c1-28-19-7-6-17(29(26,27)24-8-4-2-3-5-9-24)13-18(19)20(25)23-16-11-14(21)10-15(22)12-16/h6-7,10-13H,2-5,8-9H2,1H3,(H,23,25). The van der Waals surface area contributed by atoms with Crippen LogP contribution in [0.2, 0.25) is 10.0 Å². The monoisotopic (exact) mass is 456 g/mol. The molecular formula is C20H22Cl2N2O4S. The molecule has 1 saturated heterocycles. The van der Waals surface area contributed by atoms with Crippen molar-refractivity contribution in [2.45, 2.75) is 30.6 Å². The molecule has 0 atom stereocenters. The lowest BCUT2D eigenvalue weighted by Crippen LogP contribution is -2.32. The van der Waals surface area contributed by atoms with Gasteiger partial charge in [0.1, 0.15) is 5.75 Å². The maximum atomic E-state index is 13.1. The molecule has 156 valence electrons.